The molecule has 25 heavy (non-hydrogen) atoms. The Hall–Kier alpha value is -2.24. The summed E-state index contributed by atoms with van der Waals surface area (Å²) < 4.78 is 5.59. The van der Waals surface area contributed by atoms with Gasteiger partial charge in [0.05, 0.1) is 0 Å². The second-order valence-corrected chi connectivity index (χ2v) is 6.97. The lowest BCUT2D eigenvalue weighted by Gasteiger charge is -2.24. The third-order valence-electron chi connectivity index (χ3n) is 4.74. The van der Waals surface area contributed by atoms with Gasteiger partial charge in [-0.05, 0) is 43.4 Å². The molecule has 6 nitrogen and oxygen atoms in total. The van der Waals surface area contributed by atoms with Crippen molar-refractivity contribution in [2.24, 2.45) is 0 Å². The second kappa shape index (κ2) is 8.23. The number of hydrogen-bond donors (Lipinski definition) is 0. The van der Waals surface area contributed by atoms with Crippen LogP contribution in [0.15, 0.2) is 28.9 Å². The first-order chi connectivity index (χ1) is 12.1. The number of likely N-dealkylation sites (tertiary alicyclic amines) is 1. The number of carbonyl (C=O) groups excluding carboxylic acids is 1. The minimum absolute atomic E-state index is 0.196. The maximum atomic E-state index is 12.6. The summed E-state index contributed by atoms with van der Waals surface area (Å²) in [5.74, 6) is 1.61. The third kappa shape index (κ3) is 4.65. The van der Waals surface area contributed by atoms with Crippen LogP contribution in [0.2, 0.25) is 0 Å². The first-order valence-corrected chi connectivity index (χ1v) is 9.14. The smallest absolute Gasteiger partial charge is 0.223 e. The summed E-state index contributed by atoms with van der Waals surface area (Å²) >= 11 is 0. The molecule has 2 aromatic heterocycles. The zero-order valence-corrected chi connectivity index (χ0v) is 15.0. The number of rotatable bonds is 7. The minimum Gasteiger partial charge on any atom is -0.425 e. The predicted octanol–water partition coefficient (Wildman–Crippen LogP) is 3.14. The van der Waals surface area contributed by atoms with Crippen molar-refractivity contribution < 1.29 is 9.21 Å². The lowest BCUT2D eigenvalue weighted by atomic mass is 10.0. The van der Waals surface area contributed by atoms with E-state index in [2.05, 4.69) is 15.2 Å². The molecule has 1 fully saturated rings. The van der Waals surface area contributed by atoms with E-state index in [0.29, 0.717) is 30.7 Å². The van der Waals surface area contributed by atoms with Crippen molar-refractivity contribution >= 4 is 5.91 Å². The largest absolute Gasteiger partial charge is 0.425 e. The molecular weight excluding hydrogens is 316 g/mol. The van der Waals surface area contributed by atoms with Crippen LogP contribution in [-0.2, 0) is 17.6 Å². The van der Waals surface area contributed by atoms with E-state index in [1.165, 1.54) is 5.56 Å². The third-order valence-corrected chi connectivity index (χ3v) is 4.74. The van der Waals surface area contributed by atoms with Gasteiger partial charge in [-0.25, -0.2) is 0 Å². The predicted molar refractivity (Wildman–Crippen MR) is 94.0 cm³/mol. The molecule has 0 aliphatic carbocycles. The number of aromatic nitrogens is 3. The van der Waals surface area contributed by atoms with Crippen LogP contribution < -0.4 is 0 Å². The van der Waals surface area contributed by atoms with E-state index in [1.54, 1.807) is 0 Å². The molecule has 0 saturated carbocycles. The van der Waals surface area contributed by atoms with Gasteiger partial charge >= 0.3 is 0 Å². The zero-order chi connectivity index (χ0) is 17.6. The van der Waals surface area contributed by atoms with Crippen LogP contribution in [0.5, 0.6) is 0 Å². The summed E-state index contributed by atoms with van der Waals surface area (Å²) in [6.45, 7) is 4.89. The van der Waals surface area contributed by atoms with Gasteiger partial charge in [0.1, 0.15) is 0 Å². The highest BCUT2D eigenvalue weighted by molar-refractivity contribution is 5.77. The SMILES string of the molecule is CC(C)c1nnc(CCC(=O)N2CCC[C@@H]2CCc2ccncc2)o1. The van der Waals surface area contributed by atoms with E-state index in [9.17, 15) is 4.79 Å². The van der Waals surface area contributed by atoms with E-state index in [0.717, 1.165) is 32.2 Å². The standard InChI is InChI=1S/C19H26N4O2/c1-14(2)19-22-21-17(25-19)7-8-18(24)23-13-3-4-16(23)6-5-15-9-11-20-12-10-15/h9-12,14,16H,3-8,13H2,1-2H3/t16-/m1/s1. The minimum atomic E-state index is 0.196. The molecule has 0 radical (unpaired) electrons. The van der Waals surface area contributed by atoms with Gasteiger partial charge in [0, 0.05) is 43.7 Å². The molecule has 6 heteroatoms. The fraction of sp³-hybridized carbons (Fsp3) is 0.579. The van der Waals surface area contributed by atoms with Crippen molar-refractivity contribution in [3.63, 3.8) is 0 Å². The molecule has 134 valence electrons. The summed E-state index contributed by atoms with van der Waals surface area (Å²) in [4.78, 5) is 18.7. The fourth-order valence-electron chi connectivity index (χ4n) is 3.31. The molecule has 1 aliphatic rings. The van der Waals surface area contributed by atoms with Gasteiger partial charge in [-0.2, -0.15) is 0 Å². The fourth-order valence-corrected chi connectivity index (χ4v) is 3.31. The number of hydrogen-bond acceptors (Lipinski definition) is 5. The molecule has 0 bridgehead atoms. The van der Waals surface area contributed by atoms with E-state index in [1.807, 2.05) is 43.3 Å². The van der Waals surface area contributed by atoms with Crippen molar-refractivity contribution in [3.05, 3.63) is 41.9 Å². The van der Waals surface area contributed by atoms with Crippen molar-refractivity contribution in [2.75, 3.05) is 6.54 Å². The first-order valence-electron chi connectivity index (χ1n) is 9.14. The molecule has 1 aliphatic heterocycles. The van der Waals surface area contributed by atoms with Crippen molar-refractivity contribution in [1.29, 1.82) is 0 Å². The number of pyridine rings is 1. The molecule has 2 aromatic rings. The van der Waals surface area contributed by atoms with Gasteiger partial charge in [-0.1, -0.05) is 13.8 Å². The number of carbonyl (C=O) groups is 1. The molecule has 0 N–H and O–H groups in total. The quantitative estimate of drug-likeness (QED) is 0.773. The molecule has 1 atom stereocenters. The highest BCUT2D eigenvalue weighted by Crippen LogP contribution is 2.23. The Morgan fingerprint density at radius 1 is 1.28 bits per heavy atom. The molecule has 3 rings (SSSR count). The number of nitrogens with zero attached hydrogens (tertiary/aromatic N) is 4. The van der Waals surface area contributed by atoms with Crippen LogP contribution in [0.4, 0.5) is 0 Å². The van der Waals surface area contributed by atoms with E-state index in [4.69, 9.17) is 4.42 Å². The Kier molecular flexibility index (Phi) is 5.79. The van der Waals surface area contributed by atoms with Crippen molar-refractivity contribution in [3.8, 4) is 0 Å². The first kappa shape index (κ1) is 17.6. The second-order valence-electron chi connectivity index (χ2n) is 6.97. The average Bonchev–Trinajstić information content (AvgIpc) is 3.28. The Balaban J connectivity index is 1.49. The summed E-state index contributed by atoms with van der Waals surface area (Å²) in [6, 6.07) is 4.43. The van der Waals surface area contributed by atoms with Gasteiger partial charge in [0.2, 0.25) is 17.7 Å². The van der Waals surface area contributed by atoms with Gasteiger partial charge in [-0.3, -0.25) is 9.78 Å². The van der Waals surface area contributed by atoms with E-state index in [-0.39, 0.29) is 11.8 Å². The van der Waals surface area contributed by atoms with Crippen LogP contribution in [0, 0.1) is 0 Å². The molecule has 1 amide bonds. The lowest BCUT2D eigenvalue weighted by molar-refractivity contribution is -0.132. The molecule has 0 spiro atoms. The molecular formula is C19H26N4O2. The highest BCUT2D eigenvalue weighted by Gasteiger charge is 2.28. The Morgan fingerprint density at radius 3 is 2.80 bits per heavy atom. The van der Waals surface area contributed by atoms with Crippen LogP contribution in [-0.4, -0.2) is 38.6 Å². The average molecular weight is 342 g/mol. The molecule has 3 heterocycles. The zero-order valence-electron chi connectivity index (χ0n) is 15.0. The topological polar surface area (TPSA) is 72.1 Å². The van der Waals surface area contributed by atoms with E-state index < -0.39 is 0 Å². The summed E-state index contributed by atoms with van der Waals surface area (Å²) in [7, 11) is 0. The number of amides is 1. The monoisotopic (exact) mass is 342 g/mol. The van der Waals surface area contributed by atoms with Gasteiger partial charge in [0.15, 0.2) is 0 Å². The van der Waals surface area contributed by atoms with Gasteiger partial charge in [0.25, 0.3) is 0 Å². The van der Waals surface area contributed by atoms with E-state index >= 15 is 0 Å². The van der Waals surface area contributed by atoms with Crippen molar-refractivity contribution in [2.45, 2.75) is 64.3 Å². The van der Waals surface area contributed by atoms with Crippen LogP contribution in [0.1, 0.15) is 62.8 Å². The molecule has 0 unspecified atom stereocenters. The summed E-state index contributed by atoms with van der Waals surface area (Å²) in [6.07, 6.45) is 8.77. The van der Waals surface area contributed by atoms with Crippen LogP contribution in [0.3, 0.4) is 0 Å². The molecule has 1 saturated heterocycles. The maximum absolute atomic E-state index is 12.6. The van der Waals surface area contributed by atoms with Gasteiger partial charge in [-0.15, -0.1) is 10.2 Å². The Labute approximate surface area is 148 Å². The maximum Gasteiger partial charge on any atom is 0.223 e. The Bertz CT molecular complexity index is 684. The van der Waals surface area contributed by atoms with Crippen LogP contribution in [0.25, 0.3) is 0 Å². The summed E-state index contributed by atoms with van der Waals surface area (Å²) in [5, 5.41) is 8.06. The Morgan fingerprint density at radius 2 is 2.08 bits per heavy atom. The summed E-state index contributed by atoms with van der Waals surface area (Å²) in [5.41, 5.74) is 1.28. The number of aryl methyl sites for hydroxylation is 2. The van der Waals surface area contributed by atoms with Crippen LogP contribution >= 0.6 is 0 Å². The van der Waals surface area contributed by atoms with Gasteiger partial charge < -0.3 is 9.32 Å². The highest BCUT2D eigenvalue weighted by atomic mass is 16.4. The normalized spacial score (nSPS) is 17.4. The van der Waals surface area contributed by atoms with Crippen molar-refractivity contribution in [1.82, 2.24) is 20.1 Å². The molecule has 0 aromatic carbocycles. The lowest BCUT2D eigenvalue weighted by Crippen LogP contribution is -2.36.